The Hall–Kier alpha value is -3.06. The summed E-state index contributed by atoms with van der Waals surface area (Å²) in [5.74, 6) is 0.960. The molecule has 0 saturated carbocycles. The zero-order valence-corrected chi connectivity index (χ0v) is 17.3. The molecule has 2 aliphatic rings. The number of fused-ring (bicyclic) bond motifs is 1. The summed E-state index contributed by atoms with van der Waals surface area (Å²) in [6.45, 7) is 4.91. The number of esters is 1. The van der Waals surface area contributed by atoms with E-state index in [4.69, 9.17) is 26.4 Å². The Balaban J connectivity index is 1.82. The minimum Gasteiger partial charge on any atom is -0.486 e. The van der Waals surface area contributed by atoms with E-state index in [0.29, 0.717) is 41.1 Å². The van der Waals surface area contributed by atoms with Crippen LogP contribution in [0.4, 0.5) is 5.69 Å². The third kappa shape index (κ3) is 3.42. The summed E-state index contributed by atoms with van der Waals surface area (Å²) in [6, 6.07) is 13.2. The van der Waals surface area contributed by atoms with Crippen molar-refractivity contribution in [3.8, 4) is 11.5 Å². The number of ether oxygens (including phenoxy) is 3. The maximum absolute atomic E-state index is 12.8. The molecule has 2 aromatic carbocycles. The number of hydrogen-bond donors (Lipinski definition) is 1. The lowest BCUT2D eigenvalue weighted by molar-refractivity contribution is -0.136. The van der Waals surface area contributed by atoms with Crippen molar-refractivity contribution in [2.24, 2.45) is 0 Å². The van der Waals surface area contributed by atoms with Gasteiger partial charge in [-0.1, -0.05) is 24.3 Å². The van der Waals surface area contributed by atoms with E-state index in [9.17, 15) is 4.79 Å². The monoisotopic (exact) mass is 410 g/mol. The lowest BCUT2D eigenvalue weighted by Gasteiger charge is -2.38. The average Bonchev–Trinajstić information content (AvgIpc) is 2.73. The molecule has 2 aromatic rings. The van der Waals surface area contributed by atoms with Gasteiger partial charge in [0.05, 0.1) is 24.4 Å². The first kappa shape index (κ1) is 19.3. The molecule has 0 aliphatic carbocycles. The lowest BCUT2D eigenvalue weighted by Crippen LogP contribution is -2.48. The average molecular weight is 410 g/mol. The number of methoxy groups -OCH3 is 1. The van der Waals surface area contributed by atoms with Crippen LogP contribution < -0.4 is 19.7 Å². The molecule has 0 amide bonds. The summed E-state index contributed by atoms with van der Waals surface area (Å²) in [7, 11) is 1.39. The first-order valence-corrected chi connectivity index (χ1v) is 9.77. The number of nitrogens with zero attached hydrogens (tertiary/aromatic N) is 1. The van der Waals surface area contributed by atoms with Crippen molar-refractivity contribution in [2.75, 3.05) is 25.2 Å². The van der Waals surface area contributed by atoms with Gasteiger partial charge in [-0.3, -0.25) is 4.90 Å². The Morgan fingerprint density at radius 3 is 2.59 bits per heavy atom. The van der Waals surface area contributed by atoms with Crippen molar-refractivity contribution in [2.45, 2.75) is 19.9 Å². The van der Waals surface area contributed by atoms with Gasteiger partial charge in [0.2, 0.25) is 0 Å². The van der Waals surface area contributed by atoms with E-state index in [-0.39, 0.29) is 6.04 Å². The van der Waals surface area contributed by atoms with Gasteiger partial charge in [-0.2, -0.15) is 0 Å². The largest absolute Gasteiger partial charge is 0.486 e. The van der Waals surface area contributed by atoms with Crippen molar-refractivity contribution in [1.29, 1.82) is 0 Å². The van der Waals surface area contributed by atoms with Crippen LogP contribution in [-0.4, -0.2) is 31.4 Å². The van der Waals surface area contributed by atoms with Crippen LogP contribution in [0.2, 0.25) is 0 Å². The standard InChI is InChI=1S/C22H22N2O4S/c1-13-6-4-5-7-16(13)20-19(21(25)26-3)14(2)24(22(29)23-20)15-8-9-17-18(12-15)28-11-10-27-17/h4-9,12,20H,10-11H2,1-3H3,(H,23,29)/t20-/m0/s1. The molecule has 0 radical (unpaired) electrons. The fourth-order valence-corrected chi connectivity index (χ4v) is 4.10. The van der Waals surface area contributed by atoms with Crippen LogP contribution in [0.1, 0.15) is 24.1 Å². The molecule has 150 valence electrons. The molecular weight excluding hydrogens is 388 g/mol. The topological polar surface area (TPSA) is 60.0 Å². The number of benzene rings is 2. The van der Waals surface area contributed by atoms with Gasteiger partial charge in [0.25, 0.3) is 0 Å². The van der Waals surface area contributed by atoms with E-state index in [0.717, 1.165) is 16.8 Å². The molecule has 4 rings (SSSR count). The number of anilines is 1. The SMILES string of the molecule is COC(=O)C1=C(C)N(c2ccc3c(c2)OCCO3)C(=S)N[C@H]1c1ccccc1C. The summed E-state index contributed by atoms with van der Waals surface area (Å²) >= 11 is 5.69. The summed E-state index contributed by atoms with van der Waals surface area (Å²) in [6.07, 6.45) is 0. The third-order valence-corrected chi connectivity index (χ3v) is 5.47. The molecule has 0 aromatic heterocycles. The van der Waals surface area contributed by atoms with Gasteiger partial charge in [-0.25, -0.2) is 4.79 Å². The maximum Gasteiger partial charge on any atom is 0.337 e. The van der Waals surface area contributed by atoms with Crippen molar-refractivity contribution < 1.29 is 19.0 Å². The number of rotatable bonds is 3. The molecule has 0 bridgehead atoms. The van der Waals surface area contributed by atoms with Crippen LogP contribution in [-0.2, 0) is 9.53 Å². The predicted octanol–water partition coefficient (Wildman–Crippen LogP) is 3.65. The zero-order valence-electron chi connectivity index (χ0n) is 16.5. The van der Waals surface area contributed by atoms with E-state index < -0.39 is 5.97 Å². The van der Waals surface area contributed by atoms with Crippen LogP contribution in [0.15, 0.2) is 53.7 Å². The Morgan fingerprint density at radius 1 is 1.14 bits per heavy atom. The quantitative estimate of drug-likeness (QED) is 0.612. The molecule has 0 unspecified atom stereocenters. The smallest absolute Gasteiger partial charge is 0.337 e. The Bertz CT molecular complexity index is 1020. The molecule has 1 N–H and O–H groups in total. The molecule has 29 heavy (non-hydrogen) atoms. The van der Waals surface area contributed by atoms with Crippen molar-refractivity contribution in [3.63, 3.8) is 0 Å². The van der Waals surface area contributed by atoms with Gasteiger partial charge in [0, 0.05) is 11.8 Å². The van der Waals surface area contributed by atoms with Crippen LogP contribution in [0.25, 0.3) is 0 Å². The summed E-state index contributed by atoms with van der Waals surface area (Å²) in [4.78, 5) is 14.6. The normalized spacial score (nSPS) is 18.4. The molecule has 7 heteroatoms. The summed E-state index contributed by atoms with van der Waals surface area (Å²) in [5.41, 5.74) is 4.07. The van der Waals surface area contributed by atoms with Crippen LogP contribution in [0.3, 0.4) is 0 Å². The maximum atomic E-state index is 12.8. The number of hydrogen-bond acceptors (Lipinski definition) is 5. The minimum atomic E-state index is -0.395. The van der Waals surface area contributed by atoms with Crippen LogP contribution in [0.5, 0.6) is 11.5 Å². The molecule has 0 saturated heterocycles. The van der Waals surface area contributed by atoms with Gasteiger partial charge in [0.15, 0.2) is 16.6 Å². The molecule has 1 atom stereocenters. The number of nitrogens with one attached hydrogen (secondary N) is 1. The van der Waals surface area contributed by atoms with Gasteiger partial charge >= 0.3 is 5.97 Å². The fraction of sp³-hybridized carbons (Fsp3) is 0.273. The number of aryl methyl sites for hydroxylation is 1. The Morgan fingerprint density at radius 2 is 1.86 bits per heavy atom. The molecular formula is C22H22N2O4S. The van der Waals surface area contributed by atoms with Crippen molar-refractivity contribution in [3.05, 3.63) is 64.9 Å². The third-order valence-electron chi connectivity index (χ3n) is 5.17. The number of carbonyl (C=O) groups is 1. The highest BCUT2D eigenvalue weighted by Crippen LogP contribution is 2.39. The second kappa shape index (κ2) is 7.75. The summed E-state index contributed by atoms with van der Waals surface area (Å²) < 4.78 is 16.4. The van der Waals surface area contributed by atoms with Crippen molar-refractivity contribution in [1.82, 2.24) is 5.32 Å². The highest BCUT2D eigenvalue weighted by Gasteiger charge is 2.36. The van der Waals surface area contributed by atoms with Crippen LogP contribution in [0, 0.1) is 6.92 Å². The van der Waals surface area contributed by atoms with E-state index in [1.54, 1.807) is 0 Å². The van der Waals surface area contributed by atoms with Gasteiger partial charge in [-0.05, 0) is 49.3 Å². The van der Waals surface area contributed by atoms with Crippen LogP contribution >= 0.6 is 12.2 Å². The second-order valence-corrected chi connectivity index (χ2v) is 7.28. The lowest BCUT2D eigenvalue weighted by atomic mass is 9.92. The van der Waals surface area contributed by atoms with Gasteiger partial charge < -0.3 is 19.5 Å². The highest BCUT2D eigenvalue weighted by molar-refractivity contribution is 7.80. The van der Waals surface area contributed by atoms with Gasteiger partial charge in [0.1, 0.15) is 13.2 Å². The molecule has 2 aliphatic heterocycles. The summed E-state index contributed by atoms with van der Waals surface area (Å²) in [5, 5.41) is 3.82. The first-order valence-electron chi connectivity index (χ1n) is 9.36. The van der Waals surface area contributed by atoms with E-state index in [1.165, 1.54) is 7.11 Å². The number of thiocarbonyl (C=S) groups is 1. The molecule has 0 spiro atoms. The Labute approximate surface area is 175 Å². The molecule has 0 fully saturated rings. The minimum absolute atomic E-state index is 0.385. The molecule has 6 nitrogen and oxygen atoms in total. The van der Waals surface area contributed by atoms with Gasteiger partial charge in [-0.15, -0.1) is 0 Å². The first-order chi connectivity index (χ1) is 14.0. The number of carbonyl (C=O) groups excluding carboxylic acids is 1. The molecule has 2 heterocycles. The number of allylic oxidation sites excluding steroid dienone is 1. The van der Waals surface area contributed by atoms with E-state index in [2.05, 4.69) is 5.32 Å². The predicted molar refractivity (Wildman–Crippen MR) is 114 cm³/mol. The Kier molecular flexibility index (Phi) is 5.15. The fourth-order valence-electron chi connectivity index (χ4n) is 3.74. The van der Waals surface area contributed by atoms with E-state index >= 15 is 0 Å². The van der Waals surface area contributed by atoms with E-state index in [1.807, 2.05) is 61.2 Å². The second-order valence-electron chi connectivity index (χ2n) is 6.89. The zero-order chi connectivity index (χ0) is 20.5. The van der Waals surface area contributed by atoms with Crippen molar-refractivity contribution >= 4 is 29.0 Å². The highest BCUT2D eigenvalue weighted by atomic mass is 32.1.